The molecule has 3 rings (SSSR count). The zero-order valence-corrected chi connectivity index (χ0v) is 12.8. The minimum Gasteiger partial charge on any atom is -0.507 e. The Morgan fingerprint density at radius 1 is 0.955 bits per heavy atom. The molecule has 2 aromatic rings. The molecular formula is C19H18O3. The SMILES string of the molecule is CCCc1cc(O)c2c(c1CC)C(=O)c1ccccc1C2=O. The number of fused-ring (bicyclic) bond motifs is 2. The van der Waals surface area contributed by atoms with Gasteiger partial charge in [-0.15, -0.1) is 0 Å². The highest BCUT2D eigenvalue weighted by Crippen LogP contribution is 2.37. The zero-order chi connectivity index (χ0) is 15.9. The number of phenolic OH excluding ortho intramolecular Hbond substituents is 1. The maximum Gasteiger partial charge on any atom is 0.198 e. The van der Waals surface area contributed by atoms with Crippen molar-refractivity contribution in [2.45, 2.75) is 33.1 Å². The van der Waals surface area contributed by atoms with E-state index in [1.807, 2.05) is 6.92 Å². The lowest BCUT2D eigenvalue weighted by molar-refractivity contribution is 0.0976. The second kappa shape index (κ2) is 5.41. The van der Waals surface area contributed by atoms with Crippen LogP contribution in [-0.2, 0) is 12.8 Å². The summed E-state index contributed by atoms with van der Waals surface area (Å²) in [6, 6.07) is 8.47. The summed E-state index contributed by atoms with van der Waals surface area (Å²) in [5.74, 6) is -0.501. The van der Waals surface area contributed by atoms with Gasteiger partial charge in [-0.2, -0.15) is 0 Å². The first-order valence-electron chi connectivity index (χ1n) is 7.66. The molecule has 112 valence electrons. The molecule has 1 aliphatic rings. The Labute approximate surface area is 129 Å². The van der Waals surface area contributed by atoms with Crippen molar-refractivity contribution in [3.8, 4) is 5.75 Å². The molecule has 0 saturated carbocycles. The third-order valence-electron chi connectivity index (χ3n) is 4.25. The molecule has 0 unspecified atom stereocenters. The fourth-order valence-corrected chi connectivity index (χ4v) is 3.29. The molecule has 1 N–H and O–H groups in total. The molecule has 3 nitrogen and oxygen atoms in total. The first kappa shape index (κ1) is 14.5. The number of aryl methyl sites for hydroxylation is 1. The molecular weight excluding hydrogens is 276 g/mol. The molecule has 0 aromatic heterocycles. The first-order valence-corrected chi connectivity index (χ1v) is 7.66. The van der Waals surface area contributed by atoms with Gasteiger partial charge in [0, 0.05) is 16.7 Å². The molecule has 0 aliphatic heterocycles. The predicted molar refractivity (Wildman–Crippen MR) is 84.8 cm³/mol. The number of carbonyl (C=O) groups is 2. The van der Waals surface area contributed by atoms with Gasteiger partial charge in [-0.1, -0.05) is 44.5 Å². The van der Waals surface area contributed by atoms with Crippen molar-refractivity contribution in [3.05, 3.63) is 63.7 Å². The van der Waals surface area contributed by atoms with E-state index in [2.05, 4.69) is 6.92 Å². The van der Waals surface area contributed by atoms with E-state index in [4.69, 9.17) is 0 Å². The lowest BCUT2D eigenvalue weighted by Gasteiger charge is -2.23. The summed E-state index contributed by atoms with van der Waals surface area (Å²) in [6.45, 7) is 4.03. The summed E-state index contributed by atoms with van der Waals surface area (Å²) in [6.07, 6.45) is 2.37. The van der Waals surface area contributed by atoms with Crippen LogP contribution in [-0.4, -0.2) is 16.7 Å². The summed E-state index contributed by atoms with van der Waals surface area (Å²) >= 11 is 0. The Morgan fingerprint density at radius 3 is 2.09 bits per heavy atom. The number of phenols is 1. The molecule has 0 radical (unpaired) electrons. The standard InChI is InChI=1S/C19H18O3/c1-3-7-11-10-15(20)17-16(12(11)4-2)18(21)13-8-5-6-9-14(13)19(17)22/h5-6,8-10,20H,3-4,7H2,1-2H3. The molecule has 3 heteroatoms. The number of hydrogen-bond acceptors (Lipinski definition) is 3. The zero-order valence-electron chi connectivity index (χ0n) is 12.8. The highest BCUT2D eigenvalue weighted by molar-refractivity contribution is 6.29. The molecule has 0 fully saturated rings. The van der Waals surface area contributed by atoms with Crippen molar-refractivity contribution >= 4 is 11.6 Å². The molecule has 22 heavy (non-hydrogen) atoms. The summed E-state index contributed by atoms with van der Waals surface area (Å²) < 4.78 is 0. The Bertz CT molecular complexity index is 788. The highest BCUT2D eigenvalue weighted by atomic mass is 16.3. The molecule has 0 atom stereocenters. The van der Waals surface area contributed by atoms with E-state index in [1.165, 1.54) is 0 Å². The first-order chi connectivity index (χ1) is 10.6. The van der Waals surface area contributed by atoms with Crippen LogP contribution in [0.4, 0.5) is 0 Å². The molecule has 0 bridgehead atoms. The number of hydrogen-bond donors (Lipinski definition) is 1. The Hall–Kier alpha value is -2.42. The lowest BCUT2D eigenvalue weighted by atomic mass is 9.79. The van der Waals surface area contributed by atoms with Crippen molar-refractivity contribution < 1.29 is 14.7 Å². The van der Waals surface area contributed by atoms with Crippen LogP contribution in [0, 0.1) is 0 Å². The number of carbonyl (C=O) groups excluding carboxylic acids is 2. The summed E-state index contributed by atoms with van der Waals surface area (Å²) in [4.78, 5) is 25.6. The van der Waals surface area contributed by atoms with E-state index >= 15 is 0 Å². The van der Waals surface area contributed by atoms with Gasteiger partial charge in [0.1, 0.15) is 5.75 Å². The third-order valence-corrected chi connectivity index (χ3v) is 4.25. The van der Waals surface area contributed by atoms with Gasteiger partial charge in [0.2, 0.25) is 0 Å². The minimum absolute atomic E-state index is 0.0801. The van der Waals surface area contributed by atoms with Crippen LogP contribution in [0.25, 0.3) is 0 Å². The number of aromatic hydroxyl groups is 1. The summed E-state index contributed by atoms with van der Waals surface area (Å²) in [5.41, 5.74) is 3.22. The van der Waals surface area contributed by atoms with Crippen LogP contribution in [0.3, 0.4) is 0 Å². The van der Waals surface area contributed by atoms with Gasteiger partial charge < -0.3 is 5.11 Å². The van der Waals surface area contributed by atoms with E-state index in [9.17, 15) is 14.7 Å². The maximum absolute atomic E-state index is 12.9. The Kier molecular flexibility index (Phi) is 3.57. The highest BCUT2D eigenvalue weighted by Gasteiger charge is 2.34. The van der Waals surface area contributed by atoms with Gasteiger partial charge in [0.25, 0.3) is 0 Å². The van der Waals surface area contributed by atoms with Gasteiger partial charge in [0.05, 0.1) is 5.56 Å². The Morgan fingerprint density at radius 2 is 1.55 bits per heavy atom. The smallest absolute Gasteiger partial charge is 0.198 e. The van der Waals surface area contributed by atoms with Crippen LogP contribution in [0.5, 0.6) is 5.75 Å². The van der Waals surface area contributed by atoms with Gasteiger partial charge in [-0.3, -0.25) is 9.59 Å². The molecule has 1 aliphatic carbocycles. The normalized spacial score (nSPS) is 13.0. The molecule has 0 amide bonds. The second-order valence-corrected chi connectivity index (χ2v) is 5.59. The lowest BCUT2D eigenvalue weighted by Crippen LogP contribution is -2.23. The molecule has 0 saturated heterocycles. The second-order valence-electron chi connectivity index (χ2n) is 5.59. The van der Waals surface area contributed by atoms with Gasteiger partial charge in [-0.25, -0.2) is 0 Å². The number of benzene rings is 2. The largest absolute Gasteiger partial charge is 0.507 e. The van der Waals surface area contributed by atoms with Gasteiger partial charge >= 0.3 is 0 Å². The van der Waals surface area contributed by atoms with Crippen LogP contribution in [0.15, 0.2) is 30.3 Å². The molecule has 0 heterocycles. The quantitative estimate of drug-likeness (QED) is 0.801. The monoisotopic (exact) mass is 294 g/mol. The minimum atomic E-state index is -0.263. The van der Waals surface area contributed by atoms with Gasteiger partial charge in [0.15, 0.2) is 11.6 Å². The predicted octanol–water partition coefficient (Wildman–Crippen LogP) is 3.68. The summed E-state index contributed by atoms with van der Waals surface area (Å²) in [7, 11) is 0. The average Bonchev–Trinajstić information content (AvgIpc) is 2.52. The number of rotatable bonds is 3. The average molecular weight is 294 g/mol. The van der Waals surface area contributed by atoms with Crippen molar-refractivity contribution in [2.24, 2.45) is 0 Å². The fourth-order valence-electron chi connectivity index (χ4n) is 3.29. The van der Waals surface area contributed by atoms with Crippen molar-refractivity contribution in [1.82, 2.24) is 0 Å². The molecule has 0 spiro atoms. The van der Waals surface area contributed by atoms with Crippen LogP contribution in [0.1, 0.15) is 63.2 Å². The van der Waals surface area contributed by atoms with E-state index in [0.29, 0.717) is 23.1 Å². The third kappa shape index (κ3) is 1.97. The van der Waals surface area contributed by atoms with E-state index in [-0.39, 0.29) is 22.9 Å². The fraction of sp³-hybridized carbons (Fsp3) is 0.263. The van der Waals surface area contributed by atoms with Crippen LogP contribution >= 0.6 is 0 Å². The van der Waals surface area contributed by atoms with E-state index < -0.39 is 0 Å². The van der Waals surface area contributed by atoms with Crippen molar-refractivity contribution in [1.29, 1.82) is 0 Å². The van der Waals surface area contributed by atoms with E-state index in [1.54, 1.807) is 30.3 Å². The Balaban J connectivity index is 2.34. The van der Waals surface area contributed by atoms with E-state index in [0.717, 1.165) is 24.0 Å². The number of ketones is 2. The maximum atomic E-state index is 12.9. The van der Waals surface area contributed by atoms with Gasteiger partial charge in [-0.05, 0) is 30.0 Å². The van der Waals surface area contributed by atoms with Crippen LogP contribution < -0.4 is 0 Å². The van der Waals surface area contributed by atoms with Crippen molar-refractivity contribution in [2.75, 3.05) is 0 Å². The van der Waals surface area contributed by atoms with Crippen LogP contribution in [0.2, 0.25) is 0 Å². The molecule has 2 aromatic carbocycles. The topological polar surface area (TPSA) is 54.4 Å². The summed E-state index contributed by atoms with van der Waals surface area (Å²) in [5, 5.41) is 10.3. The van der Waals surface area contributed by atoms with Crippen molar-refractivity contribution in [3.63, 3.8) is 0 Å².